The Morgan fingerprint density at radius 3 is 3.07 bits per heavy atom. The lowest BCUT2D eigenvalue weighted by Crippen LogP contribution is -2.28. The highest BCUT2D eigenvalue weighted by atomic mass is 35.5. The van der Waals surface area contributed by atoms with E-state index in [0.717, 1.165) is 6.54 Å². The monoisotopic (exact) mass is 249 g/mol. The maximum absolute atomic E-state index is 5.69. The van der Waals surface area contributed by atoms with Crippen LogP contribution < -0.4 is 10.1 Å². The number of ether oxygens (including phenoxy) is 1. The minimum Gasteiger partial charge on any atom is -0.476 e. The molecule has 0 saturated carbocycles. The van der Waals surface area contributed by atoms with E-state index in [9.17, 15) is 0 Å². The molecule has 4 nitrogen and oxygen atoms in total. The van der Waals surface area contributed by atoms with Crippen LogP contribution in [0.4, 0.5) is 0 Å². The summed E-state index contributed by atoms with van der Waals surface area (Å²) in [5, 5.41) is 3.75. The van der Waals surface area contributed by atoms with Crippen molar-refractivity contribution in [3.8, 4) is 5.88 Å². The zero-order valence-electron chi connectivity index (χ0n) is 8.15. The topological polar surface area (TPSA) is 47.0 Å². The van der Waals surface area contributed by atoms with Gasteiger partial charge in [0.1, 0.15) is 18.1 Å². The van der Waals surface area contributed by atoms with Crippen molar-refractivity contribution in [3.05, 3.63) is 17.5 Å². The first-order valence-electron chi connectivity index (χ1n) is 4.68. The zero-order chi connectivity index (χ0) is 9.80. The second-order valence-corrected chi connectivity index (χ2v) is 3.67. The Morgan fingerprint density at radius 2 is 2.40 bits per heavy atom. The van der Waals surface area contributed by atoms with Gasteiger partial charge in [-0.1, -0.05) is 11.6 Å². The summed E-state index contributed by atoms with van der Waals surface area (Å²) < 4.78 is 5.47. The molecule has 0 radical (unpaired) electrons. The fourth-order valence-corrected chi connectivity index (χ4v) is 1.62. The highest BCUT2D eigenvalue weighted by Gasteiger charge is 2.14. The number of nitrogens with one attached hydrogen (secondary N) is 1. The summed E-state index contributed by atoms with van der Waals surface area (Å²) in [6.07, 6.45) is 3.79. The van der Waals surface area contributed by atoms with Crippen LogP contribution in [0.2, 0.25) is 5.15 Å². The number of hydrogen-bond acceptors (Lipinski definition) is 4. The van der Waals surface area contributed by atoms with Crippen LogP contribution in [0.5, 0.6) is 5.88 Å². The van der Waals surface area contributed by atoms with Gasteiger partial charge < -0.3 is 10.1 Å². The molecule has 1 aromatic rings. The van der Waals surface area contributed by atoms with Gasteiger partial charge in [-0.25, -0.2) is 9.97 Å². The largest absolute Gasteiger partial charge is 0.476 e. The molecule has 0 aliphatic carbocycles. The standard InChI is InChI=1S/C9H12ClN3O.ClH/c10-8-4-9(13-6-12-8)14-5-7-2-1-3-11-7;/h4,6-7,11H,1-3,5H2;1H. The maximum Gasteiger partial charge on any atom is 0.217 e. The van der Waals surface area contributed by atoms with E-state index in [1.807, 2.05) is 0 Å². The van der Waals surface area contributed by atoms with Gasteiger partial charge in [0.05, 0.1) is 0 Å². The van der Waals surface area contributed by atoms with Gasteiger partial charge in [-0.3, -0.25) is 0 Å². The van der Waals surface area contributed by atoms with Crippen molar-refractivity contribution in [2.45, 2.75) is 18.9 Å². The molecule has 0 bridgehead atoms. The normalized spacial score (nSPS) is 19.7. The predicted molar refractivity (Wildman–Crippen MR) is 60.8 cm³/mol. The summed E-state index contributed by atoms with van der Waals surface area (Å²) in [7, 11) is 0. The average molecular weight is 250 g/mol. The average Bonchev–Trinajstić information content (AvgIpc) is 2.67. The fraction of sp³-hybridized carbons (Fsp3) is 0.556. The van der Waals surface area contributed by atoms with Gasteiger partial charge in [0, 0.05) is 12.1 Å². The third-order valence-electron chi connectivity index (χ3n) is 2.20. The van der Waals surface area contributed by atoms with E-state index in [0.29, 0.717) is 23.7 Å². The van der Waals surface area contributed by atoms with Gasteiger partial charge in [0.25, 0.3) is 0 Å². The van der Waals surface area contributed by atoms with Gasteiger partial charge in [-0.15, -0.1) is 12.4 Å². The number of hydrogen-bond donors (Lipinski definition) is 1. The summed E-state index contributed by atoms with van der Waals surface area (Å²) in [6.45, 7) is 1.73. The van der Waals surface area contributed by atoms with E-state index in [1.165, 1.54) is 19.2 Å². The van der Waals surface area contributed by atoms with Crippen molar-refractivity contribution in [1.82, 2.24) is 15.3 Å². The smallest absolute Gasteiger partial charge is 0.217 e. The van der Waals surface area contributed by atoms with Crippen molar-refractivity contribution >= 4 is 24.0 Å². The first-order valence-corrected chi connectivity index (χ1v) is 5.06. The third-order valence-corrected chi connectivity index (χ3v) is 2.41. The van der Waals surface area contributed by atoms with E-state index in [-0.39, 0.29) is 12.4 Å². The lowest BCUT2D eigenvalue weighted by molar-refractivity contribution is 0.267. The first-order chi connectivity index (χ1) is 6.84. The molecule has 1 aliphatic rings. The molecule has 1 unspecified atom stereocenters. The van der Waals surface area contributed by atoms with Crippen molar-refractivity contribution < 1.29 is 4.74 Å². The molecule has 1 saturated heterocycles. The molecule has 1 aliphatic heterocycles. The molecule has 84 valence electrons. The van der Waals surface area contributed by atoms with Crippen LogP contribution in [0.15, 0.2) is 12.4 Å². The van der Waals surface area contributed by atoms with Crippen molar-refractivity contribution in [1.29, 1.82) is 0 Å². The van der Waals surface area contributed by atoms with Crippen LogP contribution in [0.1, 0.15) is 12.8 Å². The van der Waals surface area contributed by atoms with E-state index in [2.05, 4.69) is 15.3 Å². The number of nitrogens with zero attached hydrogens (tertiary/aromatic N) is 2. The number of rotatable bonds is 3. The van der Waals surface area contributed by atoms with Gasteiger partial charge >= 0.3 is 0 Å². The van der Waals surface area contributed by atoms with Crippen molar-refractivity contribution in [3.63, 3.8) is 0 Å². The molecule has 1 N–H and O–H groups in total. The highest BCUT2D eigenvalue weighted by Crippen LogP contribution is 2.12. The molecular weight excluding hydrogens is 237 g/mol. The molecule has 6 heteroatoms. The second-order valence-electron chi connectivity index (χ2n) is 3.28. The molecule has 1 atom stereocenters. The van der Waals surface area contributed by atoms with Gasteiger partial charge in [-0.05, 0) is 19.4 Å². The van der Waals surface area contributed by atoms with Crippen LogP contribution in [0.25, 0.3) is 0 Å². The molecule has 1 fully saturated rings. The minimum atomic E-state index is 0. The van der Waals surface area contributed by atoms with Crippen molar-refractivity contribution in [2.24, 2.45) is 0 Å². The van der Waals surface area contributed by atoms with Crippen LogP contribution in [-0.2, 0) is 0 Å². The Hall–Kier alpha value is -0.580. The summed E-state index contributed by atoms with van der Waals surface area (Å²) >= 11 is 5.69. The van der Waals surface area contributed by atoms with Crippen LogP contribution in [0, 0.1) is 0 Å². The SMILES string of the molecule is Cl.Clc1cc(OCC2CCCN2)ncn1. The Balaban J connectivity index is 0.00000112. The second kappa shape index (κ2) is 6.10. The molecular formula is C9H13Cl2N3O. The Kier molecular flexibility index (Phi) is 5.08. The molecule has 1 aromatic heterocycles. The Bertz CT molecular complexity index is 305. The van der Waals surface area contributed by atoms with Gasteiger partial charge in [-0.2, -0.15) is 0 Å². The summed E-state index contributed by atoms with van der Waals surface area (Å²) in [6, 6.07) is 2.07. The zero-order valence-corrected chi connectivity index (χ0v) is 9.72. The molecule has 0 spiro atoms. The maximum atomic E-state index is 5.69. The quantitative estimate of drug-likeness (QED) is 0.829. The predicted octanol–water partition coefficient (Wildman–Crippen LogP) is 1.68. The third kappa shape index (κ3) is 3.81. The lowest BCUT2D eigenvalue weighted by atomic mass is 10.2. The summed E-state index contributed by atoms with van der Waals surface area (Å²) in [5.41, 5.74) is 0. The van der Waals surface area contributed by atoms with Crippen LogP contribution >= 0.6 is 24.0 Å². The van der Waals surface area contributed by atoms with Gasteiger partial charge in [0.15, 0.2) is 0 Å². The van der Waals surface area contributed by atoms with Crippen LogP contribution in [0.3, 0.4) is 0 Å². The highest BCUT2D eigenvalue weighted by molar-refractivity contribution is 6.29. The van der Waals surface area contributed by atoms with Crippen LogP contribution in [-0.4, -0.2) is 29.2 Å². The Labute approximate surface area is 99.8 Å². The van der Waals surface area contributed by atoms with E-state index >= 15 is 0 Å². The summed E-state index contributed by atoms with van der Waals surface area (Å²) in [5.74, 6) is 0.540. The molecule has 15 heavy (non-hydrogen) atoms. The van der Waals surface area contributed by atoms with E-state index in [1.54, 1.807) is 6.07 Å². The number of halogens is 2. The minimum absolute atomic E-state index is 0. The first kappa shape index (κ1) is 12.5. The van der Waals surface area contributed by atoms with Crippen molar-refractivity contribution in [2.75, 3.05) is 13.2 Å². The van der Waals surface area contributed by atoms with E-state index in [4.69, 9.17) is 16.3 Å². The lowest BCUT2D eigenvalue weighted by Gasteiger charge is -2.10. The van der Waals surface area contributed by atoms with Gasteiger partial charge in [0.2, 0.25) is 5.88 Å². The Morgan fingerprint density at radius 1 is 1.53 bits per heavy atom. The fourth-order valence-electron chi connectivity index (χ4n) is 1.48. The molecule has 0 amide bonds. The summed E-state index contributed by atoms with van der Waals surface area (Å²) in [4.78, 5) is 7.73. The van der Waals surface area contributed by atoms with E-state index < -0.39 is 0 Å². The molecule has 2 rings (SSSR count). The number of aromatic nitrogens is 2. The molecule has 2 heterocycles. The molecule has 0 aromatic carbocycles.